The molecule has 9 nitrogen and oxygen atoms in total. The van der Waals surface area contributed by atoms with E-state index in [0.29, 0.717) is 31.7 Å². The molecule has 1 N–H and O–H groups in total. The zero-order chi connectivity index (χ0) is 22.2. The second-order valence-corrected chi connectivity index (χ2v) is 7.36. The molecule has 2 heterocycles. The molecule has 9 heteroatoms. The smallest absolute Gasteiger partial charge is 0.306 e. The molecule has 0 radical (unpaired) electrons. The Balaban J connectivity index is 1.58. The van der Waals surface area contributed by atoms with Crippen LogP contribution >= 0.6 is 0 Å². The maximum absolute atomic E-state index is 12.8. The number of carbonyl (C=O) groups is 3. The van der Waals surface area contributed by atoms with Gasteiger partial charge in [0.1, 0.15) is 5.82 Å². The number of nitrogens with zero attached hydrogens (tertiary/aromatic N) is 3. The normalized spacial score (nSPS) is 15.4. The van der Waals surface area contributed by atoms with Gasteiger partial charge in [-0.2, -0.15) is 5.10 Å². The number of methoxy groups -OCH3 is 2. The SMILES string of the molecule is COC(=O)CCC(=O)N1CCC(n2nccc2NC(=O)[C@H](OC)c2ccccc2)CC1. The number of likely N-dealkylation sites (tertiary alicyclic amines) is 1. The third-order valence-electron chi connectivity index (χ3n) is 5.43. The van der Waals surface area contributed by atoms with Crippen molar-refractivity contribution in [2.45, 2.75) is 37.8 Å². The summed E-state index contributed by atoms with van der Waals surface area (Å²) in [4.78, 5) is 38.1. The molecule has 3 rings (SSSR count). The highest BCUT2D eigenvalue weighted by molar-refractivity contribution is 5.94. The fourth-order valence-electron chi connectivity index (χ4n) is 3.75. The lowest BCUT2D eigenvalue weighted by Crippen LogP contribution is -2.39. The van der Waals surface area contributed by atoms with Crippen molar-refractivity contribution in [2.24, 2.45) is 0 Å². The average Bonchev–Trinajstić information content (AvgIpc) is 3.26. The summed E-state index contributed by atoms with van der Waals surface area (Å²) in [5.41, 5.74) is 0.771. The van der Waals surface area contributed by atoms with Crippen molar-refractivity contribution in [3.8, 4) is 0 Å². The zero-order valence-electron chi connectivity index (χ0n) is 17.8. The molecular weight excluding hydrogens is 400 g/mol. The van der Waals surface area contributed by atoms with Gasteiger partial charge in [0.05, 0.1) is 25.8 Å². The van der Waals surface area contributed by atoms with Crippen LogP contribution in [-0.4, -0.2) is 59.8 Å². The first kappa shape index (κ1) is 22.5. The highest BCUT2D eigenvalue weighted by atomic mass is 16.5. The van der Waals surface area contributed by atoms with E-state index in [1.807, 2.05) is 30.3 Å². The van der Waals surface area contributed by atoms with Gasteiger partial charge in [-0.25, -0.2) is 4.68 Å². The first-order chi connectivity index (χ1) is 15.0. The summed E-state index contributed by atoms with van der Waals surface area (Å²) in [6.07, 6.45) is 2.58. The number of hydrogen-bond donors (Lipinski definition) is 1. The fourth-order valence-corrected chi connectivity index (χ4v) is 3.75. The van der Waals surface area contributed by atoms with Crippen LogP contribution in [0.25, 0.3) is 0 Å². The van der Waals surface area contributed by atoms with Gasteiger partial charge in [-0.05, 0) is 18.4 Å². The van der Waals surface area contributed by atoms with Crippen LogP contribution in [-0.2, 0) is 23.9 Å². The lowest BCUT2D eigenvalue weighted by Gasteiger charge is -2.33. The maximum atomic E-state index is 12.8. The quantitative estimate of drug-likeness (QED) is 0.648. The fraction of sp³-hybridized carbons (Fsp3) is 0.455. The molecular formula is C22H28N4O5. The van der Waals surface area contributed by atoms with Crippen LogP contribution in [0, 0.1) is 0 Å². The Kier molecular flexibility index (Phi) is 7.77. The zero-order valence-corrected chi connectivity index (χ0v) is 17.8. The molecule has 2 amide bonds. The second kappa shape index (κ2) is 10.7. The molecule has 1 fully saturated rings. The maximum Gasteiger partial charge on any atom is 0.306 e. The van der Waals surface area contributed by atoms with Crippen LogP contribution < -0.4 is 5.32 Å². The third kappa shape index (κ3) is 5.69. The molecule has 2 aromatic rings. The van der Waals surface area contributed by atoms with Gasteiger partial charge < -0.3 is 19.7 Å². The van der Waals surface area contributed by atoms with E-state index in [1.165, 1.54) is 14.2 Å². The number of anilines is 1. The minimum atomic E-state index is -0.723. The van der Waals surface area contributed by atoms with Gasteiger partial charge in [-0.1, -0.05) is 30.3 Å². The van der Waals surface area contributed by atoms with Gasteiger partial charge in [-0.15, -0.1) is 0 Å². The Bertz CT molecular complexity index is 890. The van der Waals surface area contributed by atoms with E-state index in [1.54, 1.807) is 21.8 Å². The molecule has 31 heavy (non-hydrogen) atoms. The van der Waals surface area contributed by atoms with Crippen LogP contribution in [0.4, 0.5) is 5.82 Å². The summed E-state index contributed by atoms with van der Waals surface area (Å²) < 4.78 is 11.8. The average molecular weight is 428 g/mol. The van der Waals surface area contributed by atoms with E-state index in [4.69, 9.17) is 4.74 Å². The van der Waals surface area contributed by atoms with E-state index in [0.717, 1.165) is 5.56 Å². The molecule has 1 aromatic heterocycles. The predicted molar refractivity (Wildman–Crippen MR) is 113 cm³/mol. The highest BCUT2D eigenvalue weighted by Gasteiger charge is 2.27. The summed E-state index contributed by atoms with van der Waals surface area (Å²) in [7, 11) is 2.81. The number of ether oxygens (including phenoxy) is 2. The Morgan fingerprint density at radius 1 is 1.10 bits per heavy atom. The topological polar surface area (TPSA) is 103 Å². The van der Waals surface area contributed by atoms with Crippen molar-refractivity contribution in [1.82, 2.24) is 14.7 Å². The van der Waals surface area contributed by atoms with Gasteiger partial charge in [0.2, 0.25) is 5.91 Å². The first-order valence-corrected chi connectivity index (χ1v) is 10.3. The number of carbonyl (C=O) groups excluding carboxylic acids is 3. The third-order valence-corrected chi connectivity index (χ3v) is 5.43. The Morgan fingerprint density at radius 3 is 2.45 bits per heavy atom. The molecule has 166 valence electrons. The number of benzene rings is 1. The number of amides is 2. The van der Waals surface area contributed by atoms with Crippen molar-refractivity contribution >= 4 is 23.6 Å². The Morgan fingerprint density at radius 2 is 1.81 bits per heavy atom. The Labute approximate surface area is 181 Å². The molecule has 0 spiro atoms. The van der Waals surface area contributed by atoms with Crippen LogP contribution in [0.15, 0.2) is 42.6 Å². The monoisotopic (exact) mass is 428 g/mol. The van der Waals surface area contributed by atoms with Gasteiger partial charge in [0, 0.05) is 32.7 Å². The number of piperidine rings is 1. The molecule has 0 aliphatic carbocycles. The van der Waals surface area contributed by atoms with Crippen LogP contribution in [0.2, 0.25) is 0 Å². The van der Waals surface area contributed by atoms with Crippen molar-refractivity contribution in [1.29, 1.82) is 0 Å². The second-order valence-electron chi connectivity index (χ2n) is 7.36. The number of hydrogen-bond acceptors (Lipinski definition) is 6. The van der Waals surface area contributed by atoms with Crippen LogP contribution in [0.1, 0.15) is 43.4 Å². The highest BCUT2D eigenvalue weighted by Crippen LogP contribution is 2.27. The molecule has 1 aliphatic rings. The molecule has 0 unspecified atom stereocenters. The van der Waals surface area contributed by atoms with Crippen LogP contribution in [0.5, 0.6) is 0 Å². The number of esters is 1. The van der Waals surface area contributed by atoms with Crippen molar-refractivity contribution in [3.05, 3.63) is 48.2 Å². The lowest BCUT2D eigenvalue weighted by atomic mass is 10.0. The molecule has 0 bridgehead atoms. The number of rotatable bonds is 8. The number of aromatic nitrogens is 2. The molecule has 1 saturated heterocycles. The van der Waals surface area contributed by atoms with E-state index < -0.39 is 6.10 Å². The van der Waals surface area contributed by atoms with E-state index in [2.05, 4.69) is 15.2 Å². The van der Waals surface area contributed by atoms with E-state index in [-0.39, 0.29) is 36.7 Å². The summed E-state index contributed by atoms with van der Waals surface area (Å²) in [5, 5.41) is 7.30. The first-order valence-electron chi connectivity index (χ1n) is 10.3. The standard InChI is InChI=1S/C22H28N4O5/c1-30-20(28)9-8-19(27)25-14-11-17(12-15-25)26-18(10-13-23-26)24-22(29)21(31-2)16-6-4-3-5-7-16/h3-7,10,13,17,21H,8-9,11-12,14-15H2,1-2H3,(H,24,29)/t21-/m1/s1. The minimum Gasteiger partial charge on any atom is -0.469 e. The molecule has 1 aromatic carbocycles. The minimum absolute atomic E-state index is 0.0522. The lowest BCUT2D eigenvalue weighted by molar-refractivity contribution is -0.144. The number of nitrogens with one attached hydrogen (secondary N) is 1. The van der Waals surface area contributed by atoms with E-state index >= 15 is 0 Å². The predicted octanol–water partition coefficient (Wildman–Crippen LogP) is 2.33. The van der Waals surface area contributed by atoms with Crippen molar-refractivity contribution in [3.63, 3.8) is 0 Å². The van der Waals surface area contributed by atoms with Gasteiger partial charge >= 0.3 is 5.97 Å². The van der Waals surface area contributed by atoms with E-state index in [9.17, 15) is 14.4 Å². The molecule has 1 aliphatic heterocycles. The summed E-state index contributed by atoms with van der Waals surface area (Å²) in [6, 6.07) is 11.1. The van der Waals surface area contributed by atoms with Gasteiger partial charge in [-0.3, -0.25) is 14.4 Å². The largest absolute Gasteiger partial charge is 0.469 e. The van der Waals surface area contributed by atoms with Gasteiger partial charge in [0.15, 0.2) is 6.10 Å². The molecule has 1 atom stereocenters. The summed E-state index contributed by atoms with van der Waals surface area (Å²) in [6.45, 7) is 1.14. The van der Waals surface area contributed by atoms with Crippen LogP contribution in [0.3, 0.4) is 0 Å². The molecule has 0 saturated carbocycles. The Hall–Kier alpha value is -3.20. The van der Waals surface area contributed by atoms with Crippen molar-refractivity contribution in [2.75, 3.05) is 32.6 Å². The summed E-state index contributed by atoms with van der Waals surface area (Å²) >= 11 is 0. The van der Waals surface area contributed by atoms with Crippen molar-refractivity contribution < 1.29 is 23.9 Å². The summed E-state index contributed by atoms with van der Waals surface area (Å²) in [5.74, 6) is -0.113. The van der Waals surface area contributed by atoms with Gasteiger partial charge in [0.25, 0.3) is 5.91 Å².